The van der Waals surface area contributed by atoms with E-state index in [4.69, 9.17) is 4.74 Å². The number of nitro groups is 1. The van der Waals surface area contributed by atoms with Crippen LogP contribution in [0.3, 0.4) is 0 Å². The van der Waals surface area contributed by atoms with Crippen molar-refractivity contribution in [3.8, 4) is 17.0 Å². The molecule has 10 heteroatoms. The summed E-state index contributed by atoms with van der Waals surface area (Å²) in [5, 5.41) is 16.0. The van der Waals surface area contributed by atoms with E-state index < -0.39 is 16.7 Å². The molecule has 0 unspecified atom stereocenters. The Labute approximate surface area is 175 Å². The summed E-state index contributed by atoms with van der Waals surface area (Å²) in [6.45, 7) is 1.44. The third kappa shape index (κ3) is 3.98. The Hall–Kier alpha value is -3.79. The predicted molar refractivity (Wildman–Crippen MR) is 112 cm³/mol. The van der Waals surface area contributed by atoms with Crippen molar-refractivity contribution in [2.45, 2.75) is 6.92 Å². The van der Waals surface area contributed by atoms with Crippen LogP contribution in [0.25, 0.3) is 11.3 Å². The molecule has 2 amide bonds. The Morgan fingerprint density at radius 1 is 1.30 bits per heavy atom. The number of aryl methyl sites for hydroxylation is 1. The minimum Gasteiger partial charge on any atom is -0.482 e. The molecular formula is C20H16N4O5S. The number of benzene rings is 2. The van der Waals surface area contributed by atoms with Gasteiger partial charge in [-0.25, -0.2) is 4.98 Å². The number of ether oxygens (including phenoxy) is 1. The number of nitrogens with zero attached hydrogens (tertiary/aromatic N) is 3. The van der Waals surface area contributed by atoms with E-state index in [2.05, 4.69) is 10.3 Å². The molecule has 1 aliphatic rings. The highest BCUT2D eigenvalue weighted by molar-refractivity contribution is 7.14. The minimum absolute atomic E-state index is 0.190. The molecule has 9 nitrogen and oxygen atoms in total. The first-order valence-electron chi connectivity index (χ1n) is 8.95. The third-order valence-corrected chi connectivity index (χ3v) is 5.25. The maximum atomic E-state index is 12.5. The molecule has 2 heterocycles. The normalized spacial score (nSPS) is 12.8. The summed E-state index contributed by atoms with van der Waals surface area (Å²) < 4.78 is 5.31. The van der Waals surface area contributed by atoms with E-state index in [1.54, 1.807) is 0 Å². The molecule has 3 aromatic rings. The summed E-state index contributed by atoms with van der Waals surface area (Å²) in [7, 11) is 0. The molecule has 0 aliphatic carbocycles. The van der Waals surface area contributed by atoms with Gasteiger partial charge in [0.05, 0.1) is 16.3 Å². The SMILES string of the molecule is Cc1ccc(-c2csc(NC(=O)CN3C(=O)COc4ccc([N+](=O)[O-])cc43)n2)cc1. The molecule has 0 bridgehead atoms. The lowest BCUT2D eigenvalue weighted by molar-refractivity contribution is -0.384. The van der Waals surface area contributed by atoms with Crippen molar-refractivity contribution < 1.29 is 19.2 Å². The number of fused-ring (bicyclic) bond motifs is 1. The summed E-state index contributed by atoms with van der Waals surface area (Å²) >= 11 is 1.27. The Kier molecular flexibility index (Phi) is 5.15. The van der Waals surface area contributed by atoms with Crippen molar-refractivity contribution in [3.63, 3.8) is 0 Å². The van der Waals surface area contributed by atoms with Crippen LogP contribution in [0.1, 0.15) is 5.56 Å². The molecule has 2 aromatic carbocycles. The van der Waals surface area contributed by atoms with Gasteiger partial charge in [0.2, 0.25) is 5.91 Å². The average Bonchev–Trinajstić information content (AvgIpc) is 3.18. The highest BCUT2D eigenvalue weighted by Crippen LogP contribution is 2.35. The molecule has 152 valence electrons. The van der Waals surface area contributed by atoms with E-state index in [1.165, 1.54) is 34.4 Å². The number of hydrogen-bond acceptors (Lipinski definition) is 7. The molecule has 0 spiro atoms. The van der Waals surface area contributed by atoms with Crippen LogP contribution < -0.4 is 15.0 Å². The fraction of sp³-hybridized carbons (Fsp3) is 0.150. The third-order valence-electron chi connectivity index (χ3n) is 4.50. The van der Waals surface area contributed by atoms with E-state index in [-0.39, 0.29) is 24.5 Å². The van der Waals surface area contributed by atoms with Crippen molar-refractivity contribution >= 4 is 39.7 Å². The van der Waals surface area contributed by atoms with Gasteiger partial charge in [-0.1, -0.05) is 29.8 Å². The Morgan fingerprint density at radius 2 is 2.07 bits per heavy atom. The van der Waals surface area contributed by atoms with Crippen LogP contribution in [0, 0.1) is 17.0 Å². The van der Waals surface area contributed by atoms with Crippen molar-refractivity contribution in [2.24, 2.45) is 0 Å². The van der Waals surface area contributed by atoms with Gasteiger partial charge in [0.15, 0.2) is 11.7 Å². The molecule has 0 saturated carbocycles. The highest BCUT2D eigenvalue weighted by atomic mass is 32.1. The lowest BCUT2D eigenvalue weighted by atomic mass is 10.1. The maximum Gasteiger partial charge on any atom is 0.271 e. The first kappa shape index (κ1) is 19.5. The number of nitro benzene ring substituents is 1. The number of anilines is 2. The van der Waals surface area contributed by atoms with Gasteiger partial charge in [-0.05, 0) is 13.0 Å². The van der Waals surface area contributed by atoms with Crippen molar-refractivity contribution in [3.05, 3.63) is 63.5 Å². The van der Waals surface area contributed by atoms with Crippen LogP contribution in [0.15, 0.2) is 47.8 Å². The van der Waals surface area contributed by atoms with Gasteiger partial charge in [-0.3, -0.25) is 24.6 Å². The standard InChI is InChI=1S/C20H16N4O5S/c1-12-2-4-13(5-3-12)15-11-30-20(21-15)22-18(25)9-23-16-8-14(24(27)28)6-7-17(16)29-10-19(23)26/h2-8,11H,9-10H2,1H3,(H,21,22,25). The van der Waals surface area contributed by atoms with Crippen molar-refractivity contribution in [1.29, 1.82) is 0 Å². The second kappa shape index (κ2) is 7.91. The van der Waals surface area contributed by atoms with Crippen LogP contribution in [0.5, 0.6) is 5.75 Å². The minimum atomic E-state index is -0.570. The van der Waals surface area contributed by atoms with Gasteiger partial charge < -0.3 is 10.1 Å². The zero-order chi connectivity index (χ0) is 21.3. The van der Waals surface area contributed by atoms with Crippen LogP contribution >= 0.6 is 11.3 Å². The highest BCUT2D eigenvalue weighted by Gasteiger charge is 2.29. The van der Waals surface area contributed by atoms with Gasteiger partial charge in [-0.15, -0.1) is 11.3 Å². The van der Waals surface area contributed by atoms with Crippen molar-refractivity contribution in [2.75, 3.05) is 23.4 Å². The Bertz CT molecular complexity index is 1140. The van der Waals surface area contributed by atoms with Gasteiger partial charge in [-0.2, -0.15) is 0 Å². The summed E-state index contributed by atoms with van der Waals surface area (Å²) in [6, 6.07) is 11.8. The number of thiazole rings is 1. The van der Waals surface area contributed by atoms with Crippen LogP contribution in [-0.4, -0.2) is 34.9 Å². The number of non-ortho nitro benzene ring substituents is 1. The topological polar surface area (TPSA) is 115 Å². The van der Waals surface area contributed by atoms with E-state index in [0.29, 0.717) is 10.9 Å². The molecule has 0 fully saturated rings. The van der Waals surface area contributed by atoms with E-state index in [0.717, 1.165) is 16.8 Å². The van der Waals surface area contributed by atoms with E-state index in [1.807, 2.05) is 36.6 Å². The molecule has 0 radical (unpaired) electrons. The van der Waals surface area contributed by atoms with Gasteiger partial charge in [0, 0.05) is 23.1 Å². The zero-order valence-electron chi connectivity index (χ0n) is 15.8. The fourth-order valence-electron chi connectivity index (χ4n) is 2.97. The van der Waals surface area contributed by atoms with Crippen LogP contribution in [-0.2, 0) is 9.59 Å². The lowest BCUT2D eigenvalue weighted by Gasteiger charge is -2.28. The van der Waals surface area contributed by atoms with Gasteiger partial charge in [0.1, 0.15) is 12.3 Å². The number of nitrogens with one attached hydrogen (secondary N) is 1. The van der Waals surface area contributed by atoms with Gasteiger partial charge >= 0.3 is 0 Å². The van der Waals surface area contributed by atoms with Crippen molar-refractivity contribution in [1.82, 2.24) is 4.98 Å². The molecule has 30 heavy (non-hydrogen) atoms. The molecule has 0 saturated heterocycles. The summed E-state index contributed by atoms with van der Waals surface area (Å²) in [5.41, 5.74) is 2.80. The largest absolute Gasteiger partial charge is 0.482 e. The number of carbonyl (C=O) groups excluding carboxylic acids is 2. The zero-order valence-corrected chi connectivity index (χ0v) is 16.6. The Morgan fingerprint density at radius 3 is 2.80 bits per heavy atom. The molecular weight excluding hydrogens is 408 g/mol. The first-order valence-corrected chi connectivity index (χ1v) is 9.83. The number of rotatable bonds is 5. The lowest BCUT2D eigenvalue weighted by Crippen LogP contribution is -2.43. The summed E-state index contributed by atoms with van der Waals surface area (Å²) in [6.07, 6.45) is 0. The smallest absolute Gasteiger partial charge is 0.271 e. The fourth-order valence-corrected chi connectivity index (χ4v) is 3.70. The molecule has 0 atom stereocenters. The number of carbonyl (C=O) groups is 2. The number of amides is 2. The molecule has 1 aliphatic heterocycles. The van der Waals surface area contributed by atoms with E-state index in [9.17, 15) is 19.7 Å². The van der Waals surface area contributed by atoms with Crippen LogP contribution in [0.2, 0.25) is 0 Å². The maximum absolute atomic E-state index is 12.5. The summed E-state index contributed by atoms with van der Waals surface area (Å²) in [4.78, 5) is 40.9. The number of hydrogen-bond donors (Lipinski definition) is 1. The Balaban J connectivity index is 1.49. The molecule has 1 aromatic heterocycles. The van der Waals surface area contributed by atoms with E-state index >= 15 is 0 Å². The quantitative estimate of drug-likeness (QED) is 0.496. The average molecular weight is 424 g/mol. The van der Waals surface area contributed by atoms with Gasteiger partial charge in [0.25, 0.3) is 11.6 Å². The van der Waals surface area contributed by atoms with Crippen LogP contribution in [0.4, 0.5) is 16.5 Å². The predicted octanol–water partition coefficient (Wildman–Crippen LogP) is 3.39. The monoisotopic (exact) mass is 424 g/mol. The first-order chi connectivity index (χ1) is 14.4. The number of aromatic nitrogens is 1. The second-order valence-electron chi connectivity index (χ2n) is 6.63. The summed E-state index contributed by atoms with van der Waals surface area (Å²) in [5.74, 6) is -0.617. The molecule has 1 N–H and O–H groups in total. The second-order valence-corrected chi connectivity index (χ2v) is 7.49. The molecule has 4 rings (SSSR count).